The van der Waals surface area contributed by atoms with E-state index in [0.29, 0.717) is 29.4 Å². The topological polar surface area (TPSA) is 80.0 Å². The van der Waals surface area contributed by atoms with Gasteiger partial charge in [0.15, 0.2) is 5.78 Å². The van der Waals surface area contributed by atoms with Crippen LogP contribution in [0.3, 0.4) is 0 Å². The molecule has 2 aliphatic rings. The first-order chi connectivity index (χ1) is 13.6. The Morgan fingerprint density at radius 3 is 2.68 bits per heavy atom. The normalized spacial score (nSPS) is 21.1. The highest BCUT2D eigenvalue weighted by atomic mass is 35.5. The molecule has 2 heterocycles. The van der Waals surface area contributed by atoms with E-state index >= 15 is 0 Å². The third-order valence-electron chi connectivity index (χ3n) is 5.42. The molecule has 7 heteroatoms. The van der Waals surface area contributed by atoms with E-state index in [-0.39, 0.29) is 23.5 Å². The number of phenols is 1. The maximum absolute atomic E-state index is 13.2. The number of fused-ring (bicyclic) bond motifs is 1. The van der Waals surface area contributed by atoms with Gasteiger partial charge in [-0.2, -0.15) is 10.1 Å². The predicted molar refractivity (Wildman–Crippen MR) is 105 cm³/mol. The molecule has 140 valence electrons. The maximum atomic E-state index is 13.2. The molecule has 0 spiro atoms. The number of carbonyl (C=O) groups excluding carboxylic acids is 1. The van der Waals surface area contributed by atoms with Crippen molar-refractivity contribution in [1.82, 2.24) is 14.8 Å². The molecule has 0 unspecified atom stereocenters. The molecule has 1 aromatic heterocycles. The van der Waals surface area contributed by atoms with Crippen molar-refractivity contribution in [2.45, 2.75) is 24.8 Å². The van der Waals surface area contributed by atoms with Crippen molar-refractivity contribution in [3.8, 4) is 5.75 Å². The van der Waals surface area contributed by atoms with Gasteiger partial charge in [0.05, 0.1) is 0 Å². The predicted octanol–water partition coefficient (Wildman–Crippen LogP) is 4.05. The summed E-state index contributed by atoms with van der Waals surface area (Å²) in [6.45, 7) is 0. The van der Waals surface area contributed by atoms with Crippen molar-refractivity contribution in [2.24, 2.45) is 0 Å². The van der Waals surface area contributed by atoms with Crippen LogP contribution in [-0.4, -0.2) is 25.7 Å². The van der Waals surface area contributed by atoms with E-state index in [4.69, 9.17) is 11.6 Å². The summed E-state index contributed by atoms with van der Waals surface area (Å²) in [6, 6.07) is 14.3. The number of rotatable bonds is 2. The zero-order valence-corrected chi connectivity index (χ0v) is 15.6. The number of nitrogens with one attached hydrogen (secondary N) is 1. The minimum absolute atomic E-state index is 0.0445. The lowest BCUT2D eigenvalue weighted by atomic mass is 9.77. The van der Waals surface area contributed by atoms with Crippen LogP contribution in [0.2, 0.25) is 5.02 Å². The van der Waals surface area contributed by atoms with Gasteiger partial charge < -0.3 is 10.4 Å². The molecule has 0 saturated carbocycles. The van der Waals surface area contributed by atoms with Gasteiger partial charge >= 0.3 is 0 Å². The maximum Gasteiger partial charge on any atom is 0.226 e. The minimum atomic E-state index is -0.344. The number of anilines is 1. The number of hydrogen-bond acceptors (Lipinski definition) is 5. The molecule has 3 aromatic rings. The van der Waals surface area contributed by atoms with Crippen molar-refractivity contribution in [2.75, 3.05) is 5.32 Å². The number of nitrogens with zero attached hydrogens (tertiary/aromatic N) is 3. The van der Waals surface area contributed by atoms with Crippen molar-refractivity contribution in [3.63, 3.8) is 0 Å². The van der Waals surface area contributed by atoms with Crippen LogP contribution in [0.5, 0.6) is 5.75 Å². The lowest BCUT2D eigenvalue weighted by Crippen LogP contribution is -2.33. The summed E-state index contributed by atoms with van der Waals surface area (Å²) in [6.07, 6.45) is 2.44. The lowest BCUT2D eigenvalue weighted by molar-refractivity contribution is -0.116. The van der Waals surface area contributed by atoms with Crippen LogP contribution >= 0.6 is 11.6 Å². The molecule has 5 rings (SSSR count). The van der Waals surface area contributed by atoms with Gasteiger partial charge in [0, 0.05) is 28.6 Å². The molecule has 0 fully saturated rings. The van der Waals surface area contributed by atoms with E-state index < -0.39 is 0 Å². The van der Waals surface area contributed by atoms with Crippen LogP contribution in [0.15, 0.2) is 66.1 Å². The number of aromatic nitrogens is 3. The number of phenolic OH excluding ortho intramolecular Hbond substituents is 1. The highest BCUT2D eigenvalue weighted by Crippen LogP contribution is 2.45. The van der Waals surface area contributed by atoms with Crippen LogP contribution in [0.4, 0.5) is 5.95 Å². The number of ketones is 1. The van der Waals surface area contributed by atoms with Crippen LogP contribution < -0.4 is 5.32 Å². The van der Waals surface area contributed by atoms with Crippen LogP contribution in [0.25, 0.3) is 0 Å². The minimum Gasteiger partial charge on any atom is -0.508 e. The summed E-state index contributed by atoms with van der Waals surface area (Å²) in [7, 11) is 0. The summed E-state index contributed by atoms with van der Waals surface area (Å²) in [5.41, 5.74) is 3.26. The molecule has 2 aromatic carbocycles. The molecule has 6 nitrogen and oxygen atoms in total. The van der Waals surface area contributed by atoms with E-state index in [1.165, 1.54) is 6.33 Å². The Morgan fingerprint density at radius 1 is 1.11 bits per heavy atom. The summed E-state index contributed by atoms with van der Waals surface area (Å²) in [5.74, 6) is 0.783. The van der Waals surface area contributed by atoms with Crippen LogP contribution in [0, 0.1) is 0 Å². The molecular formula is C21H17ClN4O2. The molecule has 1 aliphatic heterocycles. The molecule has 0 bridgehead atoms. The summed E-state index contributed by atoms with van der Waals surface area (Å²) < 4.78 is 1.74. The van der Waals surface area contributed by atoms with E-state index in [2.05, 4.69) is 15.4 Å². The van der Waals surface area contributed by atoms with E-state index in [9.17, 15) is 9.90 Å². The molecule has 2 atom stereocenters. The third kappa shape index (κ3) is 2.68. The third-order valence-corrected chi connectivity index (χ3v) is 5.68. The Morgan fingerprint density at radius 2 is 1.89 bits per heavy atom. The number of Topliss-reactive ketones (excluding diaryl/α,β-unsaturated/α-hetero) is 1. The Kier molecular flexibility index (Phi) is 3.94. The first-order valence-electron chi connectivity index (χ1n) is 9.08. The van der Waals surface area contributed by atoms with E-state index in [1.54, 1.807) is 16.8 Å². The molecule has 1 aliphatic carbocycles. The largest absolute Gasteiger partial charge is 0.508 e. The van der Waals surface area contributed by atoms with Crippen molar-refractivity contribution >= 4 is 23.3 Å². The molecule has 2 N–H and O–H groups in total. The average molecular weight is 393 g/mol. The van der Waals surface area contributed by atoms with E-state index in [0.717, 1.165) is 16.8 Å². The van der Waals surface area contributed by atoms with E-state index in [1.807, 2.05) is 36.4 Å². The van der Waals surface area contributed by atoms with Gasteiger partial charge in [0.25, 0.3) is 0 Å². The van der Waals surface area contributed by atoms with Gasteiger partial charge in [0.2, 0.25) is 5.95 Å². The zero-order valence-electron chi connectivity index (χ0n) is 14.8. The summed E-state index contributed by atoms with van der Waals surface area (Å²) in [5, 5.41) is 18.5. The molecule has 0 radical (unpaired) electrons. The second-order valence-corrected chi connectivity index (χ2v) is 7.52. The highest BCUT2D eigenvalue weighted by Gasteiger charge is 2.39. The summed E-state index contributed by atoms with van der Waals surface area (Å²) in [4.78, 5) is 17.5. The van der Waals surface area contributed by atoms with Crippen molar-refractivity contribution in [3.05, 3.63) is 82.3 Å². The fourth-order valence-electron chi connectivity index (χ4n) is 4.16. The van der Waals surface area contributed by atoms with Gasteiger partial charge in [-0.1, -0.05) is 41.9 Å². The standard InChI is InChI=1S/C21H17ClN4O2/c22-14-7-5-12(6-8-14)20-19-16(25-21-23-11-24-26(20)21)9-13(10-18(19)28)15-3-1-2-4-17(15)27/h1-8,11,13,20,27H,9-10H2,(H,23,24,25)/t13-,20-/m1/s1. The Hall–Kier alpha value is -3.12. The smallest absolute Gasteiger partial charge is 0.226 e. The molecule has 0 saturated heterocycles. The SMILES string of the molecule is O=C1C[C@H](c2ccccc2O)CC2=C1[C@@H](c1ccc(Cl)cc1)n1ncnc1N2. The highest BCUT2D eigenvalue weighted by molar-refractivity contribution is 6.30. The quantitative estimate of drug-likeness (QED) is 0.687. The van der Waals surface area contributed by atoms with Gasteiger partial charge in [0.1, 0.15) is 18.1 Å². The van der Waals surface area contributed by atoms with Gasteiger partial charge in [-0.3, -0.25) is 4.79 Å². The fraction of sp³-hybridized carbons (Fsp3) is 0.190. The number of benzene rings is 2. The zero-order chi connectivity index (χ0) is 19.3. The molecule has 0 amide bonds. The first kappa shape index (κ1) is 17.0. The fourth-order valence-corrected chi connectivity index (χ4v) is 4.28. The number of para-hydroxylation sites is 1. The second-order valence-electron chi connectivity index (χ2n) is 7.09. The van der Waals surface area contributed by atoms with Gasteiger partial charge in [-0.15, -0.1) is 0 Å². The Balaban J connectivity index is 1.61. The van der Waals surface area contributed by atoms with Gasteiger partial charge in [-0.05, 0) is 35.7 Å². The number of allylic oxidation sites excluding steroid dienone is 2. The number of carbonyl (C=O) groups is 1. The summed E-state index contributed by atoms with van der Waals surface area (Å²) >= 11 is 6.05. The van der Waals surface area contributed by atoms with Crippen molar-refractivity contribution < 1.29 is 9.90 Å². The number of aromatic hydroxyl groups is 1. The van der Waals surface area contributed by atoms with Crippen LogP contribution in [-0.2, 0) is 4.79 Å². The first-order valence-corrected chi connectivity index (χ1v) is 9.45. The average Bonchev–Trinajstić information content (AvgIpc) is 3.15. The molecule has 28 heavy (non-hydrogen) atoms. The van der Waals surface area contributed by atoms with Crippen molar-refractivity contribution in [1.29, 1.82) is 0 Å². The monoisotopic (exact) mass is 392 g/mol. The van der Waals surface area contributed by atoms with Gasteiger partial charge in [-0.25, -0.2) is 4.68 Å². The number of hydrogen-bond donors (Lipinski definition) is 2. The molecular weight excluding hydrogens is 376 g/mol. The Bertz CT molecular complexity index is 1100. The number of halogens is 1. The lowest BCUT2D eigenvalue weighted by Gasteiger charge is -2.35. The second kappa shape index (κ2) is 6.49. The van der Waals surface area contributed by atoms with Crippen LogP contribution in [0.1, 0.15) is 35.9 Å². The Labute approximate surface area is 166 Å².